The SMILES string of the molecule is C1CCC2C3NC(NC4NC(NC5NC(NC6NC(N3)C3CCCCC63)C3CCCCC53)C3CCCCC43)C2C1.[Al+3].[Cl-].[Cl-].[Cl-]. The van der Waals surface area contributed by atoms with Gasteiger partial charge in [0.25, 0.3) is 0 Å². The van der Waals surface area contributed by atoms with Crippen LogP contribution >= 0.6 is 0 Å². The predicted molar refractivity (Wildman–Crippen MR) is 163 cm³/mol. The summed E-state index contributed by atoms with van der Waals surface area (Å²) in [6.07, 6.45) is 25.6. The fourth-order valence-electron chi connectivity index (χ4n) is 12.0. The summed E-state index contributed by atoms with van der Waals surface area (Å²) in [7, 11) is 0. The van der Waals surface area contributed by atoms with E-state index in [1.807, 2.05) is 0 Å². The predicted octanol–water partition coefficient (Wildman–Crippen LogP) is -6.76. The monoisotopic (exact) mass is 684 g/mol. The van der Waals surface area contributed by atoms with E-state index >= 15 is 0 Å². The third kappa shape index (κ3) is 6.41. The van der Waals surface area contributed by atoms with E-state index in [1.54, 1.807) is 0 Å². The van der Waals surface area contributed by atoms with Crippen LogP contribution in [0.2, 0.25) is 0 Å². The van der Waals surface area contributed by atoms with Gasteiger partial charge in [0.2, 0.25) is 0 Å². The van der Waals surface area contributed by atoms with Gasteiger partial charge < -0.3 is 37.2 Å². The summed E-state index contributed by atoms with van der Waals surface area (Å²) in [5.74, 6) is 5.97. The van der Waals surface area contributed by atoms with E-state index < -0.39 is 0 Å². The number of rotatable bonds is 0. The summed E-state index contributed by atoms with van der Waals surface area (Å²) < 4.78 is 0. The van der Waals surface area contributed by atoms with Crippen LogP contribution in [0, 0.1) is 47.3 Å². The first-order chi connectivity index (χ1) is 19.8. The normalized spacial score (nSPS) is 52.4. The number of halogens is 3. The van der Waals surface area contributed by atoms with Crippen molar-refractivity contribution < 1.29 is 37.2 Å². The van der Waals surface area contributed by atoms with Crippen molar-refractivity contribution in [2.75, 3.05) is 0 Å². The largest absolute Gasteiger partial charge is 3.00 e. The Hall–Kier alpha value is 1.08. The van der Waals surface area contributed by atoms with E-state index in [-0.39, 0.29) is 54.6 Å². The van der Waals surface area contributed by atoms with E-state index in [4.69, 9.17) is 0 Å². The Kier molecular flexibility index (Phi) is 12.7. The molecular weight excluding hydrogens is 630 g/mol. The van der Waals surface area contributed by atoms with Crippen LogP contribution in [0.15, 0.2) is 0 Å². The third-order valence-electron chi connectivity index (χ3n) is 13.8. The smallest absolute Gasteiger partial charge is 1.00 e. The molecule has 8 unspecified atom stereocenters. The van der Waals surface area contributed by atoms with Gasteiger partial charge in [-0.2, -0.15) is 0 Å². The van der Waals surface area contributed by atoms with Crippen LogP contribution in [0.3, 0.4) is 0 Å². The zero-order chi connectivity index (χ0) is 26.2. The second kappa shape index (κ2) is 15.3. The zero-order valence-electron chi connectivity index (χ0n) is 26.3. The van der Waals surface area contributed by atoms with Gasteiger partial charge in [0.05, 0.1) is 49.3 Å². The first-order valence-electron chi connectivity index (χ1n) is 17.9. The number of hydrogen-bond acceptors (Lipinski definition) is 8. The molecule has 12 heteroatoms. The van der Waals surface area contributed by atoms with Gasteiger partial charge in [-0.1, -0.05) is 51.4 Å². The van der Waals surface area contributed by atoms with Crippen LogP contribution < -0.4 is 79.8 Å². The fourth-order valence-corrected chi connectivity index (χ4v) is 12.0. The number of nitrogens with one attached hydrogen (secondary N) is 8. The second-order valence-electron chi connectivity index (χ2n) is 15.6. The molecule has 0 aromatic heterocycles. The Morgan fingerprint density at radius 1 is 0.227 bits per heavy atom. The van der Waals surface area contributed by atoms with Gasteiger partial charge in [-0.05, 0) is 98.7 Å². The summed E-state index contributed by atoms with van der Waals surface area (Å²) in [6.45, 7) is 0. The van der Waals surface area contributed by atoms with Crippen molar-refractivity contribution in [1.82, 2.24) is 42.5 Å². The molecule has 4 aliphatic carbocycles. The van der Waals surface area contributed by atoms with Gasteiger partial charge in [0.1, 0.15) is 0 Å². The number of fused-ring (bicyclic) bond motifs is 20. The van der Waals surface area contributed by atoms with Gasteiger partial charge in [-0.25, -0.2) is 0 Å². The standard InChI is InChI=1S/C32H56N8.Al.3ClH/c1-2-10-18-17(9-1)25-33-26(18)38-28-21-13-5-6-14-22(21)30(35-28)40-32-24-16-8-7-15-23(24)31(36-32)39-29-20-12-4-3-11-19(20)27(34-29)37-25;;;;/h17-40H,1-16H2;;3*1H/q;+3;;;/p-3. The minimum Gasteiger partial charge on any atom is -1.00 e. The topological polar surface area (TPSA) is 96.2 Å². The molecule has 8 N–H and O–H groups in total. The van der Waals surface area contributed by atoms with E-state index in [2.05, 4.69) is 42.5 Å². The third-order valence-corrected chi connectivity index (χ3v) is 13.8. The molecule has 248 valence electrons. The molecule has 0 aromatic rings. The van der Waals surface area contributed by atoms with Crippen LogP contribution in [0.5, 0.6) is 0 Å². The van der Waals surface area contributed by atoms with Crippen molar-refractivity contribution >= 4 is 17.4 Å². The van der Waals surface area contributed by atoms with Gasteiger partial charge >= 0.3 is 17.4 Å². The fraction of sp³-hybridized carbons (Fsp3) is 1.00. The summed E-state index contributed by atoms with van der Waals surface area (Å²) in [6, 6.07) is 0. The molecule has 5 aliphatic heterocycles. The van der Waals surface area contributed by atoms with E-state index in [1.165, 1.54) is 103 Å². The summed E-state index contributed by atoms with van der Waals surface area (Å²) in [5.41, 5.74) is 0. The molecule has 8 atom stereocenters. The maximum Gasteiger partial charge on any atom is 3.00 e. The molecule has 5 saturated heterocycles. The maximum atomic E-state index is 4.26. The molecule has 0 aromatic carbocycles. The molecule has 0 spiro atoms. The van der Waals surface area contributed by atoms with Gasteiger partial charge in [-0.15, -0.1) is 0 Å². The minimum atomic E-state index is 0. The quantitative estimate of drug-likeness (QED) is 0.120. The summed E-state index contributed by atoms with van der Waals surface area (Å²) >= 11 is 0. The number of hydrogen-bond donors (Lipinski definition) is 8. The molecular formula is C32H56AlCl3N8. The zero-order valence-corrected chi connectivity index (χ0v) is 29.7. The first kappa shape index (κ1) is 36.4. The molecule has 5 heterocycles. The molecule has 8 nitrogen and oxygen atoms in total. The van der Waals surface area contributed by atoms with Crippen LogP contribution in [-0.4, -0.2) is 66.7 Å². The Morgan fingerprint density at radius 3 is 0.455 bits per heavy atom. The van der Waals surface area contributed by atoms with Crippen LogP contribution in [0.25, 0.3) is 0 Å². The van der Waals surface area contributed by atoms with Crippen molar-refractivity contribution in [1.29, 1.82) is 0 Å². The summed E-state index contributed by atoms with van der Waals surface area (Å²) in [5, 5.41) is 33.8. The minimum absolute atomic E-state index is 0. The van der Waals surface area contributed by atoms with Crippen molar-refractivity contribution in [2.24, 2.45) is 47.3 Å². The Balaban J connectivity index is 0.000000960. The van der Waals surface area contributed by atoms with Crippen LogP contribution in [-0.2, 0) is 0 Å². The molecule has 9 rings (SSSR count). The average Bonchev–Trinajstić information content (AvgIpc) is 3.73. The van der Waals surface area contributed by atoms with E-state index in [0.717, 1.165) is 47.3 Å². The molecule has 4 saturated carbocycles. The molecule has 8 bridgehead atoms. The molecule has 9 aliphatic rings. The van der Waals surface area contributed by atoms with E-state index in [0.29, 0.717) is 49.3 Å². The molecule has 9 fully saturated rings. The van der Waals surface area contributed by atoms with Crippen LogP contribution in [0.4, 0.5) is 0 Å². The first-order valence-corrected chi connectivity index (χ1v) is 17.9. The van der Waals surface area contributed by atoms with Gasteiger partial charge in [0, 0.05) is 0 Å². The van der Waals surface area contributed by atoms with Crippen molar-refractivity contribution in [3.63, 3.8) is 0 Å². The molecule has 0 radical (unpaired) electrons. The summed E-state index contributed by atoms with van der Waals surface area (Å²) in [4.78, 5) is 0. The van der Waals surface area contributed by atoms with Crippen molar-refractivity contribution in [2.45, 2.75) is 152 Å². The Bertz CT molecular complexity index is 732. The van der Waals surface area contributed by atoms with Gasteiger partial charge in [-0.3, -0.25) is 42.5 Å². The molecule has 44 heavy (non-hydrogen) atoms. The van der Waals surface area contributed by atoms with Crippen molar-refractivity contribution in [3.05, 3.63) is 0 Å². The van der Waals surface area contributed by atoms with Crippen molar-refractivity contribution in [3.8, 4) is 0 Å². The van der Waals surface area contributed by atoms with E-state index in [9.17, 15) is 0 Å². The maximum absolute atomic E-state index is 4.26. The molecule has 0 amide bonds. The Labute approximate surface area is 295 Å². The average molecular weight is 686 g/mol. The Morgan fingerprint density at radius 2 is 0.341 bits per heavy atom. The van der Waals surface area contributed by atoms with Gasteiger partial charge in [0.15, 0.2) is 0 Å². The second-order valence-corrected chi connectivity index (χ2v) is 15.6. The van der Waals surface area contributed by atoms with Crippen LogP contribution in [0.1, 0.15) is 103 Å².